The summed E-state index contributed by atoms with van der Waals surface area (Å²) in [6, 6.07) is 6.99. The number of nitrogens with zero attached hydrogens (tertiary/aromatic N) is 3. The van der Waals surface area contributed by atoms with Gasteiger partial charge in [-0.1, -0.05) is 19.8 Å². The van der Waals surface area contributed by atoms with Gasteiger partial charge in [0.05, 0.1) is 12.6 Å². The van der Waals surface area contributed by atoms with Crippen LogP contribution in [0.4, 0.5) is 5.69 Å². The molecule has 8 nitrogen and oxygen atoms in total. The largest absolute Gasteiger partial charge is 0.372 e. The zero-order chi connectivity index (χ0) is 26.5. The van der Waals surface area contributed by atoms with Crippen molar-refractivity contribution >= 4 is 29.2 Å². The molecule has 3 aliphatic rings. The Morgan fingerprint density at radius 3 is 2.35 bits per heavy atom. The zero-order valence-electron chi connectivity index (χ0n) is 22.6. The van der Waals surface area contributed by atoms with Crippen LogP contribution in [0.25, 0.3) is 0 Å². The monoisotopic (exact) mass is 510 g/mol. The molecule has 2 heterocycles. The van der Waals surface area contributed by atoms with Crippen LogP contribution in [0.1, 0.15) is 76.1 Å². The second kappa shape index (κ2) is 12.1. The van der Waals surface area contributed by atoms with Gasteiger partial charge in [-0.15, -0.1) is 0 Å². The van der Waals surface area contributed by atoms with Gasteiger partial charge in [0.15, 0.2) is 5.78 Å². The van der Waals surface area contributed by atoms with Crippen molar-refractivity contribution < 1.29 is 19.2 Å². The smallest absolute Gasteiger partial charge is 0.251 e. The number of carbonyl (C=O) groups is 4. The number of likely N-dealkylation sites (tertiary alicyclic amines) is 2. The van der Waals surface area contributed by atoms with Crippen molar-refractivity contribution in [3.63, 3.8) is 0 Å². The molecule has 0 bridgehead atoms. The first kappa shape index (κ1) is 27.1. The Morgan fingerprint density at radius 2 is 1.70 bits per heavy atom. The van der Waals surface area contributed by atoms with Gasteiger partial charge in [0.1, 0.15) is 6.04 Å². The summed E-state index contributed by atoms with van der Waals surface area (Å²) in [4.78, 5) is 57.2. The minimum absolute atomic E-state index is 0.00544. The highest BCUT2D eigenvalue weighted by Crippen LogP contribution is 2.34. The van der Waals surface area contributed by atoms with Crippen molar-refractivity contribution in [2.75, 3.05) is 37.6 Å². The Morgan fingerprint density at radius 1 is 1.03 bits per heavy atom. The molecule has 202 valence electrons. The van der Waals surface area contributed by atoms with E-state index in [-0.39, 0.29) is 47.9 Å². The van der Waals surface area contributed by atoms with E-state index in [0.717, 1.165) is 44.5 Å². The van der Waals surface area contributed by atoms with Crippen molar-refractivity contribution in [2.24, 2.45) is 11.8 Å². The van der Waals surface area contributed by atoms with E-state index in [1.165, 1.54) is 0 Å². The van der Waals surface area contributed by atoms with Gasteiger partial charge in [0, 0.05) is 49.8 Å². The number of Topliss-reactive ketones (excluding diaryl/α,β-unsaturated/α-hetero) is 1. The maximum absolute atomic E-state index is 13.1. The lowest BCUT2D eigenvalue weighted by atomic mass is 10.0. The Balaban J connectivity index is 1.23. The minimum Gasteiger partial charge on any atom is -0.372 e. The van der Waals surface area contributed by atoms with Crippen molar-refractivity contribution in [1.29, 1.82) is 0 Å². The summed E-state index contributed by atoms with van der Waals surface area (Å²) < 4.78 is 0. The number of nitrogens with one attached hydrogen (secondary N) is 1. The summed E-state index contributed by atoms with van der Waals surface area (Å²) in [5.74, 6) is 0.0856. The van der Waals surface area contributed by atoms with Gasteiger partial charge in [0.2, 0.25) is 11.8 Å². The van der Waals surface area contributed by atoms with E-state index < -0.39 is 6.04 Å². The van der Waals surface area contributed by atoms with Crippen molar-refractivity contribution in [2.45, 2.75) is 77.8 Å². The molecule has 3 amide bonds. The summed E-state index contributed by atoms with van der Waals surface area (Å²) in [5, 5.41) is 2.96. The van der Waals surface area contributed by atoms with Crippen LogP contribution in [0, 0.1) is 11.8 Å². The Labute approximate surface area is 220 Å². The van der Waals surface area contributed by atoms with Gasteiger partial charge < -0.3 is 20.0 Å². The van der Waals surface area contributed by atoms with Crippen LogP contribution >= 0.6 is 0 Å². The fourth-order valence-electron chi connectivity index (χ4n) is 6.26. The minimum atomic E-state index is -0.482. The van der Waals surface area contributed by atoms with Crippen molar-refractivity contribution in [1.82, 2.24) is 15.1 Å². The highest BCUT2D eigenvalue weighted by molar-refractivity contribution is 5.98. The molecular weight excluding hydrogens is 468 g/mol. The maximum Gasteiger partial charge on any atom is 0.251 e. The highest BCUT2D eigenvalue weighted by atomic mass is 16.2. The van der Waals surface area contributed by atoms with Crippen LogP contribution in [0.3, 0.4) is 0 Å². The molecule has 1 aliphatic carbocycles. The third-order valence-electron chi connectivity index (χ3n) is 8.43. The summed E-state index contributed by atoms with van der Waals surface area (Å²) in [6.45, 7) is 9.22. The molecule has 3 atom stereocenters. The van der Waals surface area contributed by atoms with Crippen molar-refractivity contribution in [3.05, 3.63) is 29.8 Å². The van der Waals surface area contributed by atoms with E-state index in [1.807, 2.05) is 31.2 Å². The number of benzene rings is 1. The van der Waals surface area contributed by atoms with Gasteiger partial charge in [0.25, 0.3) is 5.91 Å². The van der Waals surface area contributed by atoms with E-state index in [1.54, 1.807) is 9.80 Å². The summed E-state index contributed by atoms with van der Waals surface area (Å²) in [6.07, 6.45) is 5.69. The average molecular weight is 511 g/mol. The molecule has 0 aromatic heterocycles. The SMILES string of the molecule is CCN(CC)c1ccc(C(=O)NCCC(C)CC(=O)N2CCC3C2C(=O)CN3C(=O)C2CCCC2)cc1. The second-order valence-electron chi connectivity index (χ2n) is 10.9. The van der Waals surface area contributed by atoms with Gasteiger partial charge in [-0.05, 0) is 69.7 Å². The van der Waals surface area contributed by atoms with E-state index in [0.29, 0.717) is 37.9 Å². The summed E-state index contributed by atoms with van der Waals surface area (Å²) in [5.41, 5.74) is 1.73. The fraction of sp³-hybridized carbons (Fsp3) is 0.655. The van der Waals surface area contributed by atoms with Gasteiger partial charge >= 0.3 is 0 Å². The zero-order valence-corrected chi connectivity index (χ0v) is 22.6. The standard InChI is InChI=1S/C29H42N4O4/c1-4-31(5-2)23-12-10-21(11-13-23)28(36)30-16-14-20(3)18-26(35)32-17-15-24-27(32)25(34)19-33(24)29(37)22-8-6-7-9-22/h10-13,20,22,24,27H,4-9,14-19H2,1-3H3,(H,30,36). The Kier molecular flexibility index (Phi) is 8.87. The predicted octanol–water partition coefficient (Wildman–Crippen LogP) is 3.25. The number of hydrogen-bond acceptors (Lipinski definition) is 5. The molecule has 0 radical (unpaired) electrons. The third-order valence-corrected chi connectivity index (χ3v) is 8.43. The molecule has 3 unspecified atom stereocenters. The van der Waals surface area contributed by atoms with Crippen molar-refractivity contribution in [3.8, 4) is 0 Å². The topological polar surface area (TPSA) is 90.0 Å². The van der Waals surface area contributed by atoms with Crippen LogP contribution < -0.4 is 10.2 Å². The molecule has 3 fully saturated rings. The summed E-state index contributed by atoms with van der Waals surface area (Å²) >= 11 is 0. The lowest BCUT2D eigenvalue weighted by molar-refractivity contribution is -0.137. The fourth-order valence-corrected chi connectivity index (χ4v) is 6.26. The van der Waals surface area contributed by atoms with E-state index >= 15 is 0 Å². The highest BCUT2D eigenvalue weighted by Gasteiger charge is 2.52. The molecule has 2 saturated heterocycles. The maximum atomic E-state index is 13.1. The van der Waals surface area contributed by atoms with E-state index in [4.69, 9.17) is 0 Å². The number of amides is 3. The predicted molar refractivity (Wildman–Crippen MR) is 143 cm³/mol. The summed E-state index contributed by atoms with van der Waals surface area (Å²) in [7, 11) is 0. The molecule has 0 spiro atoms. The van der Waals surface area contributed by atoms with Gasteiger partial charge in [-0.3, -0.25) is 19.2 Å². The van der Waals surface area contributed by atoms with Gasteiger partial charge in [-0.2, -0.15) is 0 Å². The molecule has 4 rings (SSSR count). The first-order chi connectivity index (χ1) is 17.8. The van der Waals surface area contributed by atoms with Crippen LogP contribution in [0.15, 0.2) is 24.3 Å². The van der Waals surface area contributed by atoms with Crippen LogP contribution in [0.5, 0.6) is 0 Å². The Hall–Kier alpha value is -2.90. The Bertz CT molecular complexity index is 984. The first-order valence-electron chi connectivity index (χ1n) is 14.1. The first-order valence-corrected chi connectivity index (χ1v) is 14.1. The average Bonchev–Trinajstić information content (AvgIpc) is 3.64. The number of fused-ring (bicyclic) bond motifs is 1. The molecular formula is C29H42N4O4. The normalized spacial score (nSPS) is 22.3. The van der Waals surface area contributed by atoms with Crippen LogP contribution in [0.2, 0.25) is 0 Å². The van der Waals surface area contributed by atoms with E-state index in [9.17, 15) is 19.2 Å². The number of rotatable bonds is 10. The van der Waals surface area contributed by atoms with Crippen LogP contribution in [-0.4, -0.2) is 78.1 Å². The second-order valence-corrected chi connectivity index (χ2v) is 10.9. The quantitative estimate of drug-likeness (QED) is 0.522. The molecule has 37 heavy (non-hydrogen) atoms. The lowest BCUT2D eigenvalue weighted by Crippen LogP contribution is -2.44. The molecule has 1 aromatic rings. The lowest BCUT2D eigenvalue weighted by Gasteiger charge is -2.26. The number of ketones is 1. The molecule has 1 saturated carbocycles. The molecule has 8 heteroatoms. The van der Waals surface area contributed by atoms with E-state index in [2.05, 4.69) is 24.1 Å². The van der Waals surface area contributed by atoms with Gasteiger partial charge in [-0.25, -0.2) is 0 Å². The van der Waals surface area contributed by atoms with Crippen LogP contribution in [-0.2, 0) is 14.4 Å². The molecule has 2 aliphatic heterocycles. The third kappa shape index (κ3) is 5.99. The number of carbonyl (C=O) groups excluding carboxylic acids is 4. The number of anilines is 1. The molecule has 1 N–H and O–H groups in total. The number of hydrogen-bond donors (Lipinski definition) is 1. The molecule has 1 aromatic carbocycles.